The van der Waals surface area contributed by atoms with Crippen molar-refractivity contribution in [3.05, 3.63) is 29.8 Å². The number of likely N-dealkylation sites (tertiary alicyclic amines) is 1. The van der Waals surface area contributed by atoms with Crippen LogP contribution in [0.5, 0.6) is 0 Å². The van der Waals surface area contributed by atoms with Gasteiger partial charge in [0.1, 0.15) is 0 Å². The number of nitrogens with one attached hydrogen (secondary N) is 1. The minimum Gasteiger partial charge on any atom is -0.384 e. The largest absolute Gasteiger partial charge is 0.384 e. The molecule has 1 aliphatic rings. The van der Waals surface area contributed by atoms with E-state index >= 15 is 0 Å². The van der Waals surface area contributed by atoms with Gasteiger partial charge in [-0.25, -0.2) is 0 Å². The van der Waals surface area contributed by atoms with Gasteiger partial charge in [-0.15, -0.1) is 0 Å². The highest BCUT2D eigenvalue weighted by molar-refractivity contribution is 5.51. The first-order valence-corrected chi connectivity index (χ1v) is 7.94. The van der Waals surface area contributed by atoms with Gasteiger partial charge in [-0.3, -0.25) is 0 Å². The third-order valence-electron chi connectivity index (χ3n) is 4.04. The lowest BCUT2D eigenvalue weighted by Gasteiger charge is -2.26. The second-order valence-corrected chi connectivity index (χ2v) is 6.04. The minimum absolute atomic E-state index is 1.01. The maximum Gasteiger partial charge on any atom is 0.0373 e. The molecule has 1 aliphatic heterocycles. The summed E-state index contributed by atoms with van der Waals surface area (Å²) >= 11 is 0. The standard InChI is InChI=1S/C17H29N3/c1-19(2)15-11-18-17-9-5-4-8-16(17)10-14-20-12-6-3-7-13-20/h4-5,8-9,18H,3,6-7,10-15H2,1-2H3. The summed E-state index contributed by atoms with van der Waals surface area (Å²) in [7, 11) is 4.23. The van der Waals surface area contributed by atoms with Gasteiger partial charge in [0.25, 0.3) is 0 Å². The molecule has 2 rings (SSSR count). The fourth-order valence-electron chi connectivity index (χ4n) is 2.79. The molecule has 1 N–H and O–H groups in total. The zero-order valence-corrected chi connectivity index (χ0v) is 13.1. The number of hydrogen-bond donors (Lipinski definition) is 1. The summed E-state index contributed by atoms with van der Waals surface area (Å²) in [6.45, 7) is 5.85. The SMILES string of the molecule is CN(C)CCNc1ccccc1CCN1CCCCC1. The highest BCUT2D eigenvalue weighted by atomic mass is 15.1. The van der Waals surface area contributed by atoms with Gasteiger partial charge in [0.05, 0.1) is 0 Å². The topological polar surface area (TPSA) is 18.5 Å². The maximum atomic E-state index is 3.57. The lowest BCUT2D eigenvalue weighted by atomic mass is 10.1. The third kappa shape index (κ3) is 5.14. The van der Waals surface area contributed by atoms with Crippen LogP contribution in [0.3, 0.4) is 0 Å². The Bertz CT molecular complexity index is 384. The molecular formula is C17H29N3. The molecule has 3 heteroatoms. The lowest BCUT2D eigenvalue weighted by molar-refractivity contribution is 0.231. The second kappa shape index (κ2) is 8.28. The molecule has 0 atom stereocenters. The van der Waals surface area contributed by atoms with E-state index in [1.807, 2.05) is 0 Å². The van der Waals surface area contributed by atoms with Crippen LogP contribution in [0.1, 0.15) is 24.8 Å². The Hall–Kier alpha value is -1.06. The zero-order valence-electron chi connectivity index (χ0n) is 13.1. The van der Waals surface area contributed by atoms with Crippen LogP contribution in [0, 0.1) is 0 Å². The van der Waals surface area contributed by atoms with Crippen LogP contribution in [0.15, 0.2) is 24.3 Å². The summed E-state index contributed by atoms with van der Waals surface area (Å²) in [6, 6.07) is 8.76. The lowest BCUT2D eigenvalue weighted by Crippen LogP contribution is -2.31. The van der Waals surface area contributed by atoms with Crippen LogP contribution >= 0.6 is 0 Å². The van der Waals surface area contributed by atoms with E-state index in [1.54, 1.807) is 0 Å². The molecule has 112 valence electrons. The average Bonchev–Trinajstić information content (AvgIpc) is 2.47. The fraction of sp³-hybridized carbons (Fsp3) is 0.647. The van der Waals surface area contributed by atoms with Gasteiger partial charge < -0.3 is 15.1 Å². The molecule has 0 unspecified atom stereocenters. The smallest absolute Gasteiger partial charge is 0.0373 e. The Labute approximate surface area is 124 Å². The molecule has 1 fully saturated rings. The third-order valence-corrected chi connectivity index (χ3v) is 4.04. The predicted octanol–water partition coefficient (Wildman–Crippen LogP) is 2.69. The molecule has 0 aliphatic carbocycles. The number of nitrogens with zero attached hydrogens (tertiary/aromatic N) is 2. The summed E-state index contributed by atoms with van der Waals surface area (Å²) in [5, 5.41) is 3.57. The Morgan fingerprint density at radius 1 is 1.10 bits per heavy atom. The molecule has 0 saturated carbocycles. The summed E-state index contributed by atoms with van der Waals surface area (Å²) in [5.41, 5.74) is 2.77. The normalized spacial score (nSPS) is 16.6. The second-order valence-electron chi connectivity index (χ2n) is 6.04. The molecule has 0 amide bonds. The number of para-hydroxylation sites is 1. The van der Waals surface area contributed by atoms with Gasteiger partial charge in [-0.2, -0.15) is 0 Å². The van der Waals surface area contributed by atoms with Crippen LogP contribution in [-0.4, -0.2) is 56.6 Å². The highest BCUT2D eigenvalue weighted by Crippen LogP contribution is 2.17. The van der Waals surface area contributed by atoms with E-state index in [1.165, 1.54) is 50.1 Å². The average molecular weight is 275 g/mol. The Kier molecular flexibility index (Phi) is 6.34. The number of likely N-dealkylation sites (N-methyl/N-ethyl adjacent to an activating group) is 1. The molecular weight excluding hydrogens is 246 g/mol. The van der Waals surface area contributed by atoms with Gasteiger partial charge in [0.15, 0.2) is 0 Å². The van der Waals surface area contributed by atoms with Crippen LogP contribution in [0.4, 0.5) is 5.69 Å². The summed E-state index contributed by atoms with van der Waals surface area (Å²) in [6.07, 6.45) is 5.33. The van der Waals surface area contributed by atoms with E-state index in [4.69, 9.17) is 0 Å². The first kappa shape index (κ1) is 15.3. The monoisotopic (exact) mass is 275 g/mol. The van der Waals surface area contributed by atoms with Crippen LogP contribution in [0.2, 0.25) is 0 Å². The molecule has 1 aromatic rings. The van der Waals surface area contributed by atoms with E-state index in [9.17, 15) is 0 Å². The van der Waals surface area contributed by atoms with Crippen molar-refractivity contribution in [1.29, 1.82) is 0 Å². The number of benzene rings is 1. The van der Waals surface area contributed by atoms with Crippen molar-refractivity contribution in [2.75, 3.05) is 52.1 Å². The predicted molar refractivity (Wildman–Crippen MR) is 87.5 cm³/mol. The van der Waals surface area contributed by atoms with Gasteiger partial charge in [-0.1, -0.05) is 24.6 Å². The first-order valence-electron chi connectivity index (χ1n) is 7.94. The highest BCUT2D eigenvalue weighted by Gasteiger charge is 2.10. The van der Waals surface area contributed by atoms with E-state index < -0.39 is 0 Å². The molecule has 20 heavy (non-hydrogen) atoms. The van der Waals surface area contributed by atoms with Crippen molar-refractivity contribution in [2.45, 2.75) is 25.7 Å². The summed E-state index contributed by atoms with van der Waals surface area (Å²) in [5.74, 6) is 0. The zero-order chi connectivity index (χ0) is 14.2. The van der Waals surface area contributed by atoms with E-state index in [0.29, 0.717) is 0 Å². The van der Waals surface area contributed by atoms with E-state index in [2.05, 4.69) is 53.5 Å². The molecule has 0 aromatic heterocycles. The Morgan fingerprint density at radius 3 is 2.60 bits per heavy atom. The number of piperidine rings is 1. The number of hydrogen-bond acceptors (Lipinski definition) is 3. The molecule has 0 radical (unpaired) electrons. The first-order chi connectivity index (χ1) is 9.75. The Morgan fingerprint density at radius 2 is 1.85 bits per heavy atom. The van der Waals surface area contributed by atoms with E-state index in [-0.39, 0.29) is 0 Å². The quantitative estimate of drug-likeness (QED) is 0.825. The molecule has 1 aromatic carbocycles. The van der Waals surface area contributed by atoms with Crippen molar-refractivity contribution in [2.24, 2.45) is 0 Å². The van der Waals surface area contributed by atoms with Crippen molar-refractivity contribution in [3.8, 4) is 0 Å². The molecule has 1 saturated heterocycles. The van der Waals surface area contributed by atoms with Crippen molar-refractivity contribution >= 4 is 5.69 Å². The van der Waals surface area contributed by atoms with Crippen molar-refractivity contribution in [3.63, 3.8) is 0 Å². The molecule has 0 spiro atoms. The fourth-order valence-corrected chi connectivity index (χ4v) is 2.79. The Balaban J connectivity index is 1.83. The number of anilines is 1. The summed E-state index contributed by atoms with van der Waals surface area (Å²) < 4.78 is 0. The van der Waals surface area contributed by atoms with Gasteiger partial charge in [0, 0.05) is 25.3 Å². The van der Waals surface area contributed by atoms with Crippen LogP contribution < -0.4 is 5.32 Å². The van der Waals surface area contributed by atoms with Gasteiger partial charge >= 0.3 is 0 Å². The molecule has 3 nitrogen and oxygen atoms in total. The maximum absolute atomic E-state index is 3.57. The molecule has 1 heterocycles. The van der Waals surface area contributed by atoms with Crippen molar-refractivity contribution in [1.82, 2.24) is 9.80 Å². The minimum atomic E-state index is 1.01. The van der Waals surface area contributed by atoms with Crippen LogP contribution in [0.25, 0.3) is 0 Å². The van der Waals surface area contributed by atoms with E-state index in [0.717, 1.165) is 19.5 Å². The summed E-state index contributed by atoms with van der Waals surface area (Å²) in [4.78, 5) is 4.82. The van der Waals surface area contributed by atoms with Crippen LogP contribution in [-0.2, 0) is 6.42 Å². The van der Waals surface area contributed by atoms with Crippen molar-refractivity contribution < 1.29 is 0 Å². The van der Waals surface area contributed by atoms with Gasteiger partial charge in [0.2, 0.25) is 0 Å². The molecule has 0 bridgehead atoms. The number of rotatable bonds is 7. The van der Waals surface area contributed by atoms with Gasteiger partial charge in [-0.05, 0) is 58.1 Å².